The number of nitrogens with zero attached hydrogens (tertiary/aromatic N) is 2. The number of hydrogen-bond acceptors (Lipinski definition) is 6. The highest BCUT2D eigenvalue weighted by Crippen LogP contribution is 2.17. The molecule has 0 spiro atoms. The molecule has 6 heteroatoms. The molecular formula is C12H21N3O2S. The molecule has 18 heavy (non-hydrogen) atoms. The van der Waals surface area contributed by atoms with Crippen molar-refractivity contribution in [1.82, 2.24) is 9.97 Å². The minimum atomic E-state index is 0.506. The van der Waals surface area contributed by atoms with Crippen LogP contribution in [0, 0.1) is 0 Å². The summed E-state index contributed by atoms with van der Waals surface area (Å²) in [5.41, 5.74) is 0. The molecule has 1 rings (SSSR count). The fourth-order valence-corrected chi connectivity index (χ4v) is 1.93. The van der Waals surface area contributed by atoms with Gasteiger partial charge in [-0.2, -0.15) is 21.7 Å². The van der Waals surface area contributed by atoms with Gasteiger partial charge in [0.05, 0.1) is 20.3 Å². The molecule has 1 aromatic rings. The summed E-state index contributed by atoms with van der Waals surface area (Å²) < 4.78 is 10.2. The molecule has 0 atom stereocenters. The van der Waals surface area contributed by atoms with Crippen LogP contribution in [0.3, 0.4) is 0 Å². The van der Waals surface area contributed by atoms with Crippen molar-refractivity contribution in [3.8, 4) is 11.8 Å². The number of aromatic nitrogens is 2. The van der Waals surface area contributed by atoms with E-state index >= 15 is 0 Å². The molecule has 102 valence electrons. The van der Waals surface area contributed by atoms with Crippen LogP contribution >= 0.6 is 11.8 Å². The van der Waals surface area contributed by atoms with Gasteiger partial charge in [0, 0.05) is 6.54 Å². The van der Waals surface area contributed by atoms with Crippen molar-refractivity contribution in [3.05, 3.63) is 6.07 Å². The molecule has 1 heterocycles. The fraction of sp³-hybridized carbons (Fsp3) is 0.667. The van der Waals surface area contributed by atoms with Gasteiger partial charge in [0.2, 0.25) is 17.7 Å². The van der Waals surface area contributed by atoms with Crippen molar-refractivity contribution < 1.29 is 9.47 Å². The van der Waals surface area contributed by atoms with Crippen molar-refractivity contribution in [2.75, 3.05) is 38.1 Å². The van der Waals surface area contributed by atoms with E-state index in [0.29, 0.717) is 17.7 Å². The van der Waals surface area contributed by atoms with Gasteiger partial charge in [0.1, 0.15) is 0 Å². The van der Waals surface area contributed by atoms with Gasteiger partial charge < -0.3 is 14.8 Å². The summed E-state index contributed by atoms with van der Waals surface area (Å²) in [7, 11) is 3.15. The fourth-order valence-electron chi connectivity index (χ4n) is 1.44. The predicted octanol–water partition coefficient (Wildman–Crippen LogP) is 2.44. The molecule has 1 aromatic heterocycles. The van der Waals surface area contributed by atoms with Crippen LogP contribution in [0.1, 0.15) is 19.3 Å². The topological polar surface area (TPSA) is 56.3 Å². The lowest BCUT2D eigenvalue weighted by molar-refractivity contribution is 0.373. The van der Waals surface area contributed by atoms with Gasteiger partial charge in [-0.1, -0.05) is 6.42 Å². The Kier molecular flexibility index (Phi) is 7.32. The van der Waals surface area contributed by atoms with Crippen LogP contribution in [0.15, 0.2) is 6.07 Å². The van der Waals surface area contributed by atoms with Gasteiger partial charge in [-0.05, 0) is 24.9 Å². The van der Waals surface area contributed by atoms with Gasteiger partial charge in [0.25, 0.3) is 0 Å². The molecule has 0 saturated heterocycles. The second-order valence-corrected chi connectivity index (χ2v) is 4.74. The molecule has 0 aliphatic carbocycles. The molecule has 1 N–H and O–H groups in total. The van der Waals surface area contributed by atoms with Crippen molar-refractivity contribution >= 4 is 17.7 Å². The van der Waals surface area contributed by atoms with Crippen molar-refractivity contribution in [1.29, 1.82) is 0 Å². The van der Waals surface area contributed by atoms with Crippen LogP contribution in [0.25, 0.3) is 0 Å². The van der Waals surface area contributed by atoms with Crippen molar-refractivity contribution in [2.45, 2.75) is 19.3 Å². The Bertz CT molecular complexity index is 328. The quantitative estimate of drug-likeness (QED) is 0.696. The van der Waals surface area contributed by atoms with Crippen molar-refractivity contribution in [2.24, 2.45) is 0 Å². The first kappa shape index (κ1) is 14.9. The molecule has 0 aliphatic heterocycles. The first-order valence-corrected chi connectivity index (χ1v) is 7.39. The predicted molar refractivity (Wildman–Crippen MR) is 75.9 cm³/mol. The minimum Gasteiger partial charge on any atom is -0.481 e. The van der Waals surface area contributed by atoms with Gasteiger partial charge >= 0.3 is 0 Å². The summed E-state index contributed by atoms with van der Waals surface area (Å²) >= 11 is 1.89. The van der Waals surface area contributed by atoms with Gasteiger partial charge in [-0.15, -0.1) is 0 Å². The van der Waals surface area contributed by atoms with E-state index in [-0.39, 0.29) is 0 Å². The summed E-state index contributed by atoms with van der Waals surface area (Å²) in [4.78, 5) is 8.41. The van der Waals surface area contributed by atoms with E-state index in [4.69, 9.17) is 9.47 Å². The number of hydrogen-bond donors (Lipinski definition) is 1. The molecule has 0 bridgehead atoms. The summed E-state index contributed by atoms with van der Waals surface area (Å²) in [6.07, 6.45) is 5.72. The molecule has 0 fully saturated rings. The van der Waals surface area contributed by atoms with Crippen LogP contribution in [0.4, 0.5) is 5.95 Å². The zero-order valence-corrected chi connectivity index (χ0v) is 12.0. The van der Waals surface area contributed by atoms with Crippen LogP contribution in [0.2, 0.25) is 0 Å². The summed E-state index contributed by atoms with van der Waals surface area (Å²) in [5, 5.41) is 3.18. The number of nitrogens with one attached hydrogen (secondary N) is 1. The lowest BCUT2D eigenvalue weighted by atomic mass is 10.2. The maximum absolute atomic E-state index is 5.08. The SMILES string of the molecule is COc1cc(OC)nc(NCCCCCSC)n1. The monoisotopic (exact) mass is 271 g/mol. The van der Waals surface area contributed by atoms with E-state index in [9.17, 15) is 0 Å². The zero-order chi connectivity index (χ0) is 13.2. The third kappa shape index (κ3) is 5.44. The average molecular weight is 271 g/mol. The van der Waals surface area contributed by atoms with Gasteiger partial charge in [-0.3, -0.25) is 0 Å². The third-order valence-electron chi connectivity index (χ3n) is 2.41. The molecule has 0 saturated carbocycles. The van der Waals surface area contributed by atoms with Crippen molar-refractivity contribution in [3.63, 3.8) is 0 Å². The highest BCUT2D eigenvalue weighted by Gasteiger charge is 2.04. The lowest BCUT2D eigenvalue weighted by Gasteiger charge is -2.08. The Balaban J connectivity index is 2.36. The van der Waals surface area contributed by atoms with E-state index in [1.165, 1.54) is 18.6 Å². The normalized spacial score (nSPS) is 10.2. The highest BCUT2D eigenvalue weighted by atomic mass is 32.2. The molecule has 0 unspecified atom stereocenters. The average Bonchev–Trinajstić information content (AvgIpc) is 2.42. The molecule has 0 radical (unpaired) electrons. The third-order valence-corrected chi connectivity index (χ3v) is 3.10. The Hall–Kier alpha value is -1.17. The van der Waals surface area contributed by atoms with Crippen LogP contribution in [-0.2, 0) is 0 Å². The molecule has 5 nitrogen and oxygen atoms in total. The summed E-state index contributed by atoms with van der Waals surface area (Å²) in [6, 6.07) is 1.66. The zero-order valence-electron chi connectivity index (χ0n) is 11.2. The molecule has 0 amide bonds. The van der Waals surface area contributed by atoms with Gasteiger partial charge in [-0.25, -0.2) is 0 Å². The standard InChI is InChI=1S/C12H21N3O2S/c1-16-10-9-11(17-2)15-12(14-10)13-7-5-4-6-8-18-3/h9H,4-8H2,1-3H3,(H,13,14,15). The Labute approximate surface area is 113 Å². The summed E-state index contributed by atoms with van der Waals surface area (Å²) in [6.45, 7) is 0.866. The van der Waals surface area contributed by atoms with E-state index in [1.807, 2.05) is 11.8 Å². The summed E-state index contributed by atoms with van der Waals surface area (Å²) in [5.74, 6) is 2.79. The molecular weight excluding hydrogens is 250 g/mol. The maximum atomic E-state index is 5.08. The van der Waals surface area contributed by atoms with Crippen LogP contribution in [-0.4, -0.2) is 42.7 Å². The van der Waals surface area contributed by atoms with Gasteiger partial charge in [0.15, 0.2) is 0 Å². The highest BCUT2D eigenvalue weighted by molar-refractivity contribution is 7.98. The smallest absolute Gasteiger partial charge is 0.229 e. The van der Waals surface area contributed by atoms with E-state index in [0.717, 1.165) is 13.0 Å². The van der Waals surface area contributed by atoms with E-state index < -0.39 is 0 Å². The number of ether oxygens (including phenoxy) is 2. The second kappa shape index (κ2) is 8.85. The van der Waals surface area contributed by atoms with Crippen LogP contribution < -0.4 is 14.8 Å². The Morgan fingerprint density at radius 1 is 1.11 bits per heavy atom. The first-order valence-electron chi connectivity index (χ1n) is 6.00. The Morgan fingerprint density at radius 3 is 2.33 bits per heavy atom. The van der Waals surface area contributed by atoms with Crippen LogP contribution in [0.5, 0.6) is 11.8 Å². The number of anilines is 1. The number of thioether (sulfide) groups is 1. The molecule has 0 aliphatic rings. The van der Waals surface area contributed by atoms with E-state index in [1.54, 1.807) is 20.3 Å². The largest absolute Gasteiger partial charge is 0.481 e. The Morgan fingerprint density at radius 2 is 1.78 bits per heavy atom. The molecule has 0 aromatic carbocycles. The number of rotatable bonds is 9. The first-order chi connectivity index (χ1) is 8.80. The minimum absolute atomic E-state index is 0.506. The lowest BCUT2D eigenvalue weighted by Crippen LogP contribution is -2.07. The number of unbranched alkanes of at least 4 members (excludes halogenated alkanes) is 2. The maximum Gasteiger partial charge on any atom is 0.229 e. The number of methoxy groups -OCH3 is 2. The second-order valence-electron chi connectivity index (χ2n) is 3.76. The van der Waals surface area contributed by atoms with E-state index in [2.05, 4.69) is 21.5 Å².